The highest BCUT2D eigenvalue weighted by molar-refractivity contribution is 5.56. The van der Waals surface area contributed by atoms with Crippen molar-refractivity contribution in [3.8, 4) is 11.5 Å². The lowest BCUT2D eigenvalue weighted by atomic mass is 9.96. The first-order valence-electron chi connectivity index (χ1n) is 6.78. The lowest BCUT2D eigenvalue weighted by Crippen LogP contribution is -2.13. The number of fused-ring (bicyclic) bond motifs is 1. The molecule has 1 aliphatic carbocycles. The smallest absolute Gasteiger partial charge is 0.182 e. The van der Waals surface area contributed by atoms with Crippen LogP contribution < -0.4 is 5.32 Å². The van der Waals surface area contributed by atoms with Gasteiger partial charge >= 0.3 is 0 Å². The van der Waals surface area contributed by atoms with E-state index in [4.69, 9.17) is 0 Å². The van der Waals surface area contributed by atoms with Gasteiger partial charge in [0.15, 0.2) is 5.82 Å². The fourth-order valence-electron chi connectivity index (χ4n) is 2.44. The molecular weight excluding hydrogens is 238 g/mol. The average Bonchev–Trinajstić information content (AvgIpc) is 2.48. The van der Waals surface area contributed by atoms with Crippen molar-refractivity contribution in [2.45, 2.75) is 32.6 Å². The van der Waals surface area contributed by atoms with Gasteiger partial charge in [0, 0.05) is 30.2 Å². The Balaban J connectivity index is 2.09. The van der Waals surface area contributed by atoms with Crippen LogP contribution in [0.5, 0.6) is 0 Å². The van der Waals surface area contributed by atoms with Crippen LogP contribution in [0.3, 0.4) is 0 Å². The summed E-state index contributed by atoms with van der Waals surface area (Å²) in [7, 11) is 0. The van der Waals surface area contributed by atoms with Gasteiger partial charge in [0.05, 0.1) is 6.20 Å². The van der Waals surface area contributed by atoms with E-state index < -0.39 is 0 Å². The first-order valence-corrected chi connectivity index (χ1v) is 6.78. The number of anilines is 1. The number of nitrogens with one attached hydrogen (secondary N) is 1. The molecule has 0 radical (unpaired) electrons. The molecule has 2 heterocycles. The van der Waals surface area contributed by atoms with Crippen molar-refractivity contribution < 1.29 is 0 Å². The molecule has 0 atom stereocenters. The maximum absolute atomic E-state index is 4.67. The highest BCUT2D eigenvalue weighted by Gasteiger charge is 2.18. The summed E-state index contributed by atoms with van der Waals surface area (Å²) in [5.41, 5.74) is 3.17. The van der Waals surface area contributed by atoms with Crippen molar-refractivity contribution in [2.75, 3.05) is 11.9 Å². The van der Waals surface area contributed by atoms with Crippen molar-refractivity contribution in [1.82, 2.24) is 19.9 Å². The molecule has 0 saturated heterocycles. The third-order valence-corrected chi connectivity index (χ3v) is 3.32. The van der Waals surface area contributed by atoms with E-state index in [1.807, 2.05) is 0 Å². The fraction of sp³-hybridized carbons (Fsp3) is 0.429. The molecule has 0 fully saturated rings. The van der Waals surface area contributed by atoms with Gasteiger partial charge in [0.25, 0.3) is 0 Å². The first-order chi connectivity index (χ1) is 9.38. The van der Waals surface area contributed by atoms with Gasteiger partial charge in [-0.3, -0.25) is 4.98 Å². The van der Waals surface area contributed by atoms with E-state index in [1.54, 1.807) is 18.6 Å². The van der Waals surface area contributed by atoms with Crippen molar-refractivity contribution in [3.63, 3.8) is 0 Å². The molecule has 0 aromatic carbocycles. The van der Waals surface area contributed by atoms with E-state index in [0.29, 0.717) is 5.82 Å². The zero-order chi connectivity index (χ0) is 13.1. The second kappa shape index (κ2) is 5.30. The monoisotopic (exact) mass is 255 g/mol. The van der Waals surface area contributed by atoms with Crippen LogP contribution in [-0.2, 0) is 12.8 Å². The number of rotatable bonds is 3. The second-order valence-electron chi connectivity index (χ2n) is 4.65. The third-order valence-electron chi connectivity index (χ3n) is 3.32. The molecule has 0 spiro atoms. The topological polar surface area (TPSA) is 63.6 Å². The van der Waals surface area contributed by atoms with E-state index in [1.165, 1.54) is 18.4 Å². The van der Waals surface area contributed by atoms with Crippen LogP contribution in [0.1, 0.15) is 31.0 Å². The molecule has 2 aromatic heterocycles. The van der Waals surface area contributed by atoms with Crippen molar-refractivity contribution in [1.29, 1.82) is 0 Å². The number of hydrogen-bond acceptors (Lipinski definition) is 5. The summed E-state index contributed by atoms with van der Waals surface area (Å²) in [6.45, 7) is 2.95. The normalized spacial score (nSPS) is 13.9. The number of aryl methyl sites for hydroxylation is 1. The van der Waals surface area contributed by atoms with Gasteiger partial charge in [-0.25, -0.2) is 15.0 Å². The molecule has 19 heavy (non-hydrogen) atoms. The molecule has 5 heteroatoms. The molecular formula is C14H17N5. The molecule has 0 bridgehead atoms. The Morgan fingerprint density at radius 2 is 2.05 bits per heavy atom. The Morgan fingerprint density at radius 3 is 2.84 bits per heavy atom. The quantitative estimate of drug-likeness (QED) is 0.911. The minimum absolute atomic E-state index is 0.671. The fourth-order valence-corrected chi connectivity index (χ4v) is 2.44. The average molecular weight is 255 g/mol. The van der Waals surface area contributed by atoms with Gasteiger partial charge < -0.3 is 5.32 Å². The van der Waals surface area contributed by atoms with Gasteiger partial charge in [0.1, 0.15) is 11.5 Å². The lowest BCUT2D eigenvalue weighted by Gasteiger charge is -2.19. The summed E-state index contributed by atoms with van der Waals surface area (Å²) in [4.78, 5) is 17.7. The van der Waals surface area contributed by atoms with Crippen molar-refractivity contribution in [2.24, 2.45) is 0 Å². The number of hydrogen-bond donors (Lipinski definition) is 1. The standard InChI is InChI=1S/C14H17N5/c1-2-16-13-10-5-3-4-6-11(10)18-14(19-13)12-9-15-7-8-17-12/h7-9H,2-6H2,1H3,(H,16,18,19). The minimum atomic E-state index is 0.671. The Kier molecular flexibility index (Phi) is 3.35. The predicted molar refractivity (Wildman–Crippen MR) is 73.9 cm³/mol. The number of aromatic nitrogens is 4. The van der Waals surface area contributed by atoms with Gasteiger partial charge in [-0.05, 0) is 32.6 Å². The molecule has 3 rings (SSSR count). The molecule has 0 amide bonds. The molecule has 1 aliphatic rings. The summed E-state index contributed by atoms with van der Waals surface area (Å²) in [5, 5.41) is 3.35. The Morgan fingerprint density at radius 1 is 1.16 bits per heavy atom. The van der Waals surface area contributed by atoms with E-state index in [9.17, 15) is 0 Å². The first kappa shape index (κ1) is 12.0. The summed E-state index contributed by atoms with van der Waals surface area (Å²) < 4.78 is 0. The van der Waals surface area contributed by atoms with E-state index in [0.717, 1.165) is 36.6 Å². The highest BCUT2D eigenvalue weighted by Crippen LogP contribution is 2.27. The van der Waals surface area contributed by atoms with Crippen LogP contribution >= 0.6 is 0 Å². The molecule has 98 valence electrons. The van der Waals surface area contributed by atoms with Crippen LogP contribution in [0.2, 0.25) is 0 Å². The van der Waals surface area contributed by atoms with E-state index >= 15 is 0 Å². The van der Waals surface area contributed by atoms with Crippen molar-refractivity contribution in [3.05, 3.63) is 29.8 Å². The third kappa shape index (κ3) is 2.41. The molecule has 0 saturated carbocycles. The van der Waals surface area contributed by atoms with Crippen LogP contribution in [-0.4, -0.2) is 26.5 Å². The maximum Gasteiger partial charge on any atom is 0.182 e. The SMILES string of the molecule is CCNc1nc(-c2cnccn2)nc2c1CCCC2. The second-order valence-corrected chi connectivity index (χ2v) is 4.65. The Bertz CT molecular complexity index is 568. The summed E-state index contributed by atoms with van der Waals surface area (Å²) in [6.07, 6.45) is 9.56. The number of nitrogens with zero attached hydrogens (tertiary/aromatic N) is 4. The molecule has 1 N–H and O–H groups in total. The van der Waals surface area contributed by atoms with Crippen LogP contribution in [0, 0.1) is 0 Å². The van der Waals surface area contributed by atoms with Gasteiger partial charge in [-0.15, -0.1) is 0 Å². The zero-order valence-electron chi connectivity index (χ0n) is 11.1. The van der Waals surface area contributed by atoms with Gasteiger partial charge in [0.2, 0.25) is 0 Å². The van der Waals surface area contributed by atoms with Crippen LogP contribution in [0.25, 0.3) is 11.5 Å². The zero-order valence-corrected chi connectivity index (χ0v) is 11.1. The van der Waals surface area contributed by atoms with Crippen LogP contribution in [0.4, 0.5) is 5.82 Å². The highest BCUT2D eigenvalue weighted by atomic mass is 15.0. The van der Waals surface area contributed by atoms with Crippen LogP contribution in [0.15, 0.2) is 18.6 Å². The summed E-state index contributed by atoms with van der Waals surface area (Å²) in [6, 6.07) is 0. The Labute approximate surface area is 112 Å². The van der Waals surface area contributed by atoms with Crippen molar-refractivity contribution >= 4 is 5.82 Å². The van der Waals surface area contributed by atoms with E-state index in [2.05, 4.69) is 32.2 Å². The summed E-state index contributed by atoms with van der Waals surface area (Å²) in [5.74, 6) is 1.64. The molecule has 5 nitrogen and oxygen atoms in total. The maximum atomic E-state index is 4.67. The summed E-state index contributed by atoms with van der Waals surface area (Å²) >= 11 is 0. The Hall–Kier alpha value is -2.04. The predicted octanol–water partition coefficient (Wildman–Crippen LogP) is 2.24. The molecule has 2 aromatic rings. The minimum Gasteiger partial charge on any atom is -0.370 e. The van der Waals surface area contributed by atoms with E-state index in [-0.39, 0.29) is 0 Å². The van der Waals surface area contributed by atoms with Gasteiger partial charge in [-0.2, -0.15) is 0 Å². The molecule has 0 unspecified atom stereocenters. The van der Waals surface area contributed by atoms with Gasteiger partial charge in [-0.1, -0.05) is 0 Å². The lowest BCUT2D eigenvalue weighted by molar-refractivity contribution is 0.664. The largest absolute Gasteiger partial charge is 0.370 e. The molecule has 0 aliphatic heterocycles.